The standard InChI is InChI=1S/C13H12F2N2S/c14-8-4-7(5-9(15)6-8)13-17-12-10(16)2-1-3-11(12)18-13/h4-6,10H,1-3,16H2. The van der Waals surface area contributed by atoms with Crippen molar-refractivity contribution in [2.75, 3.05) is 0 Å². The smallest absolute Gasteiger partial charge is 0.126 e. The van der Waals surface area contributed by atoms with Crippen molar-refractivity contribution in [2.24, 2.45) is 5.73 Å². The van der Waals surface area contributed by atoms with Crippen LogP contribution in [0.5, 0.6) is 0 Å². The Labute approximate surface area is 107 Å². The van der Waals surface area contributed by atoms with Gasteiger partial charge in [0.25, 0.3) is 0 Å². The monoisotopic (exact) mass is 266 g/mol. The number of nitrogens with zero attached hydrogens (tertiary/aromatic N) is 1. The molecule has 0 aliphatic heterocycles. The average Bonchev–Trinajstić information content (AvgIpc) is 2.73. The van der Waals surface area contributed by atoms with Crippen LogP contribution in [0.15, 0.2) is 18.2 Å². The Morgan fingerprint density at radius 3 is 2.61 bits per heavy atom. The van der Waals surface area contributed by atoms with Crippen LogP contribution in [0.3, 0.4) is 0 Å². The highest BCUT2D eigenvalue weighted by atomic mass is 32.1. The molecule has 1 aromatic carbocycles. The number of fused-ring (bicyclic) bond motifs is 1. The lowest BCUT2D eigenvalue weighted by molar-refractivity contribution is 0.564. The summed E-state index contributed by atoms with van der Waals surface area (Å²) in [4.78, 5) is 5.59. The Hall–Kier alpha value is -1.33. The van der Waals surface area contributed by atoms with Crippen molar-refractivity contribution < 1.29 is 8.78 Å². The summed E-state index contributed by atoms with van der Waals surface area (Å²) in [6, 6.07) is 3.43. The van der Waals surface area contributed by atoms with Gasteiger partial charge in [-0.15, -0.1) is 11.3 Å². The number of halogens is 2. The lowest BCUT2D eigenvalue weighted by atomic mass is 9.99. The lowest BCUT2D eigenvalue weighted by Gasteiger charge is -2.15. The number of hydrogen-bond donors (Lipinski definition) is 1. The van der Waals surface area contributed by atoms with E-state index >= 15 is 0 Å². The van der Waals surface area contributed by atoms with E-state index in [0.717, 1.165) is 35.9 Å². The van der Waals surface area contributed by atoms with E-state index in [9.17, 15) is 8.78 Å². The van der Waals surface area contributed by atoms with Gasteiger partial charge < -0.3 is 5.73 Å². The predicted octanol–water partition coefficient (Wildman–Crippen LogP) is 3.42. The summed E-state index contributed by atoms with van der Waals surface area (Å²) in [6.07, 6.45) is 2.93. The molecule has 1 aliphatic rings. The highest BCUT2D eigenvalue weighted by molar-refractivity contribution is 7.15. The summed E-state index contributed by atoms with van der Waals surface area (Å²) >= 11 is 1.49. The molecule has 0 amide bonds. The molecule has 1 atom stereocenters. The van der Waals surface area contributed by atoms with E-state index in [1.165, 1.54) is 23.5 Å². The summed E-state index contributed by atoms with van der Waals surface area (Å²) in [5.74, 6) is -1.16. The number of aromatic nitrogens is 1. The molecule has 18 heavy (non-hydrogen) atoms. The molecule has 1 aliphatic carbocycles. The SMILES string of the molecule is NC1CCCc2sc(-c3cc(F)cc(F)c3)nc21. The van der Waals surface area contributed by atoms with Crippen LogP contribution in [-0.2, 0) is 6.42 Å². The van der Waals surface area contributed by atoms with Crippen LogP contribution in [0.2, 0.25) is 0 Å². The largest absolute Gasteiger partial charge is 0.323 e. The third-order valence-electron chi connectivity index (χ3n) is 3.11. The topological polar surface area (TPSA) is 38.9 Å². The highest BCUT2D eigenvalue weighted by Crippen LogP contribution is 2.36. The van der Waals surface area contributed by atoms with Gasteiger partial charge in [0.2, 0.25) is 0 Å². The molecule has 3 rings (SSSR count). The van der Waals surface area contributed by atoms with Gasteiger partial charge in [0.15, 0.2) is 0 Å². The Morgan fingerprint density at radius 2 is 1.94 bits per heavy atom. The first-order valence-corrected chi connectivity index (χ1v) is 6.67. The number of nitrogens with two attached hydrogens (primary N) is 1. The van der Waals surface area contributed by atoms with Crippen LogP contribution in [0.4, 0.5) is 8.78 Å². The second kappa shape index (κ2) is 4.40. The third kappa shape index (κ3) is 2.04. The minimum absolute atomic E-state index is 0.0443. The van der Waals surface area contributed by atoms with Crippen LogP contribution in [0, 0.1) is 11.6 Å². The van der Waals surface area contributed by atoms with Gasteiger partial charge in [-0.25, -0.2) is 13.8 Å². The predicted molar refractivity (Wildman–Crippen MR) is 67.3 cm³/mol. The van der Waals surface area contributed by atoms with E-state index in [1.807, 2.05) is 0 Å². The first kappa shape index (κ1) is 11.7. The van der Waals surface area contributed by atoms with Gasteiger partial charge in [-0.2, -0.15) is 0 Å². The zero-order valence-electron chi connectivity index (χ0n) is 9.62. The molecule has 0 spiro atoms. The van der Waals surface area contributed by atoms with Crippen LogP contribution < -0.4 is 5.73 Å². The fourth-order valence-electron chi connectivity index (χ4n) is 2.25. The minimum Gasteiger partial charge on any atom is -0.323 e. The Bertz CT molecular complexity index is 574. The van der Waals surface area contributed by atoms with Gasteiger partial charge in [-0.05, 0) is 31.4 Å². The second-order valence-corrected chi connectivity index (χ2v) is 5.57. The van der Waals surface area contributed by atoms with E-state index < -0.39 is 11.6 Å². The molecule has 94 valence electrons. The van der Waals surface area contributed by atoms with Crippen LogP contribution in [-0.4, -0.2) is 4.98 Å². The lowest BCUT2D eigenvalue weighted by Crippen LogP contribution is -2.16. The number of thiazole rings is 1. The van der Waals surface area contributed by atoms with Crippen molar-refractivity contribution in [1.82, 2.24) is 4.98 Å². The molecule has 0 saturated carbocycles. The Morgan fingerprint density at radius 1 is 1.22 bits per heavy atom. The molecule has 2 aromatic rings. The summed E-state index contributed by atoms with van der Waals surface area (Å²) < 4.78 is 26.4. The maximum atomic E-state index is 13.2. The van der Waals surface area contributed by atoms with Crippen molar-refractivity contribution in [3.8, 4) is 10.6 Å². The van der Waals surface area contributed by atoms with Crippen molar-refractivity contribution >= 4 is 11.3 Å². The zero-order chi connectivity index (χ0) is 12.7. The first-order valence-electron chi connectivity index (χ1n) is 5.85. The molecule has 1 unspecified atom stereocenters. The van der Waals surface area contributed by atoms with Crippen molar-refractivity contribution in [2.45, 2.75) is 25.3 Å². The molecule has 0 saturated heterocycles. The van der Waals surface area contributed by atoms with Crippen molar-refractivity contribution in [3.63, 3.8) is 0 Å². The Balaban J connectivity index is 2.07. The molecule has 2 nitrogen and oxygen atoms in total. The maximum Gasteiger partial charge on any atom is 0.126 e. The highest BCUT2D eigenvalue weighted by Gasteiger charge is 2.22. The molecule has 0 fully saturated rings. The molecule has 0 bridgehead atoms. The number of hydrogen-bond acceptors (Lipinski definition) is 3. The van der Waals surface area contributed by atoms with E-state index in [1.54, 1.807) is 0 Å². The fraction of sp³-hybridized carbons (Fsp3) is 0.308. The molecule has 2 N–H and O–H groups in total. The Kier molecular flexibility index (Phi) is 2.87. The number of benzene rings is 1. The molecule has 5 heteroatoms. The summed E-state index contributed by atoms with van der Waals surface area (Å²) in [6.45, 7) is 0. The fourth-order valence-corrected chi connectivity index (χ4v) is 3.41. The third-order valence-corrected chi connectivity index (χ3v) is 4.29. The van der Waals surface area contributed by atoms with Gasteiger partial charge in [0.1, 0.15) is 16.6 Å². The molecule has 1 aromatic heterocycles. The number of aryl methyl sites for hydroxylation is 1. The summed E-state index contributed by atoms with van der Waals surface area (Å²) in [7, 11) is 0. The quantitative estimate of drug-likeness (QED) is 0.859. The van der Waals surface area contributed by atoms with E-state index in [2.05, 4.69) is 4.98 Å². The minimum atomic E-state index is -0.581. The summed E-state index contributed by atoms with van der Waals surface area (Å²) in [5.41, 5.74) is 7.37. The first-order chi connectivity index (χ1) is 8.63. The van der Waals surface area contributed by atoms with Gasteiger partial charge in [0, 0.05) is 22.5 Å². The van der Waals surface area contributed by atoms with E-state index in [0.29, 0.717) is 10.6 Å². The van der Waals surface area contributed by atoms with E-state index in [4.69, 9.17) is 5.73 Å². The summed E-state index contributed by atoms with van der Waals surface area (Å²) in [5, 5.41) is 0.649. The van der Waals surface area contributed by atoms with Gasteiger partial charge in [-0.3, -0.25) is 0 Å². The van der Waals surface area contributed by atoms with Crippen LogP contribution in [0.25, 0.3) is 10.6 Å². The van der Waals surface area contributed by atoms with Gasteiger partial charge in [0.05, 0.1) is 5.69 Å². The van der Waals surface area contributed by atoms with Gasteiger partial charge in [-0.1, -0.05) is 0 Å². The maximum absolute atomic E-state index is 13.2. The van der Waals surface area contributed by atoms with Crippen LogP contribution in [0.1, 0.15) is 29.5 Å². The van der Waals surface area contributed by atoms with Gasteiger partial charge >= 0.3 is 0 Å². The second-order valence-electron chi connectivity index (χ2n) is 4.48. The average molecular weight is 266 g/mol. The molecule has 1 heterocycles. The van der Waals surface area contributed by atoms with Crippen molar-refractivity contribution in [3.05, 3.63) is 40.4 Å². The normalized spacial score (nSPS) is 18.7. The molecular weight excluding hydrogens is 254 g/mol. The number of rotatable bonds is 1. The molecular formula is C13H12F2N2S. The van der Waals surface area contributed by atoms with Crippen LogP contribution >= 0.6 is 11.3 Å². The van der Waals surface area contributed by atoms with Crippen molar-refractivity contribution in [1.29, 1.82) is 0 Å². The zero-order valence-corrected chi connectivity index (χ0v) is 10.4. The van der Waals surface area contributed by atoms with E-state index in [-0.39, 0.29) is 6.04 Å². The molecule has 0 radical (unpaired) electrons.